The largest absolute Gasteiger partial charge is 0.344 e. The Morgan fingerprint density at radius 1 is 1.13 bits per heavy atom. The van der Waals surface area contributed by atoms with Gasteiger partial charge in [-0.15, -0.1) is 0 Å². The molecule has 2 aromatic carbocycles. The van der Waals surface area contributed by atoms with Crippen LogP contribution in [0.4, 0.5) is 4.79 Å². The van der Waals surface area contributed by atoms with Crippen molar-refractivity contribution in [3.05, 3.63) is 69.7 Å². The minimum absolute atomic E-state index is 0.0410. The molecule has 7 nitrogen and oxygen atoms in total. The second-order valence-corrected chi connectivity index (χ2v) is 8.59. The Bertz CT molecular complexity index is 986. The van der Waals surface area contributed by atoms with Gasteiger partial charge in [0.1, 0.15) is 5.54 Å². The van der Waals surface area contributed by atoms with Gasteiger partial charge in [0.15, 0.2) is 0 Å². The molecular formula is C22H24Cl2N4O3. The number of hydrazine groups is 1. The molecule has 3 rings (SSSR count). The fourth-order valence-corrected chi connectivity index (χ4v) is 3.80. The first-order valence-corrected chi connectivity index (χ1v) is 10.6. The van der Waals surface area contributed by atoms with Crippen molar-refractivity contribution in [1.29, 1.82) is 0 Å². The summed E-state index contributed by atoms with van der Waals surface area (Å²) in [5.41, 5.74) is 3.16. The van der Waals surface area contributed by atoms with Crippen molar-refractivity contribution in [2.75, 3.05) is 13.6 Å². The molecule has 1 heterocycles. The lowest BCUT2D eigenvalue weighted by Crippen LogP contribution is -2.51. The molecule has 0 radical (unpaired) electrons. The van der Waals surface area contributed by atoms with Crippen LogP contribution < -0.4 is 10.7 Å². The summed E-state index contributed by atoms with van der Waals surface area (Å²) in [5.74, 6) is -0.973. The maximum absolute atomic E-state index is 12.8. The molecule has 9 heteroatoms. The van der Waals surface area contributed by atoms with Crippen LogP contribution in [0.1, 0.15) is 24.5 Å². The molecule has 4 amide bonds. The summed E-state index contributed by atoms with van der Waals surface area (Å²) < 4.78 is 0. The highest BCUT2D eigenvalue weighted by Gasteiger charge is 2.48. The van der Waals surface area contributed by atoms with Crippen LogP contribution in [0.2, 0.25) is 10.0 Å². The molecule has 0 bridgehead atoms. The van der Waals surface area contributed by atoms with Gasteiger partial charge in [-0.3, -0.25) is 19.9 Å². The lowest BCUT2D eigenvalue weighted by Gasteiger charge is -2.22. The van der Waals surface area contributed by atoms with Crippen molar-refractivity contribution >= 4 is 41.0 Å². The zero-order valence-electron chi connectivity index (χ0n) is 17.3. The summed E-state index contributed by atoms with van der Waals surface area (Å²) in [4.78, 5) is 39.3. The summed E-state index contributed by atoms with van der Waals surface area (Å²) in [6.07, 6.45) is 1.04. The average molecular weight is 463 g/mol. The smallest absolute Gasteiger partial charge is 0.322 e. The molecule has 0 aromatic heterocycles. The molecule has 1 aliphatic rings. The van der Waals surface area contributed by atoms with Crippen LogP contribution in [-0.2, 0) is 22.6 Å². The molecule has 164 valence electrons. The highest BCUT2D eigenvalue weighted by atomic mass is 35.5. The van der Waals surface area contributed by atoms with E-state index < -0.39 is 23.4 Å². The van der Waals surface area contributed by atoms with E-state index in [1.807, 2.05) is 36.4 Å². The van der Waals surface area contributed by atoms with Crippen LogP contribution in [-0.4, -0.2) is 46.9 Å². The molecule has 1 aliphatic heterocycles. The summed E-state index contributed by atoms with van der Waals surface area (Å²) in [6.45, 7) is 2.00. The molecule has 1 unspecified atom stereocenters. The van der Waals surface area contributed by atoms with E-state index in [1.54, 1.807) is 31.0 Å². The average Bonchev–Trinajstić information content (AvgIpc) is 2.94. The quantitative estimate of drug-likeness (QED) is 0.588. The predicted molar refractivity (Wildman–Crippen MR) is 119 cm³/mol. The fourth-order valence-electron chi connectivity index (χ4n) is 3.42. The molecule has 2 N–H and O–H groups in total. The second-order valence-electron chi connectivity index (χ2n) is 7.81. The third-order valence-corrected chi connectivity index (χ3v) is 6.00. The molecule has 31 heavy (non-hydrogen) atoms. The van der Waals surface area contributed by atoms with E-state index in [4.69, 9.17) is 23.2 Å². The predicted octanol–water partition coefficient (Wildman–Crippen LogP) is 3.40. The van der Waals surface area contributed by atoms with Gasteiger partial charge in [-0.25, -0.2) is 4.79 Å². The Morgan fingerprint density at radius 3 is 2.55 bits per heavy atom. The molecule has 0 aliphatic carbocycles. The van der Waals surface area contributed by atoms with E-state index in [1.165, 1.54) is 0 Å². The van der Waals surface area contributed by atoms with Crippen molar-refractivity contribution in [3.63, 3.8) is 0 Å². The van der Waals surface area contributed by atoms with E-state index in [0.717, 1.165) is 16.1 Å². The highest BCUT2D eigenvalue weighted by Crippen LogP contribution is 2.26. The monoisotopic (exact) mass is 462 g/mol. The summed E-state index contributed by atoms with van der Waals surface area (Å²) >= 11 is 12.2. The van der Waals surface area contributed by atoms with Crippen LogP contribution in [0.15, 0.2) is 48.5 Å². The zero-order chi connectivity index (χ0) is 22.6. The zero-order valence-corrected chi connectivity index (χ0v) is 18.8. The van der Waals surface area contributed by atoms with E-state index in [-0.39, 0.29) is 6.54 Å². The molecule has 0 spiro atoms. The maximum Gasteiger partial charge on any atom is 0.344 e. The normalized spacial score (nSPS) is 18.4. The van der Waals surface area contributed by atoms with Gasteiger partial charge in [0.2, 0.25) is 0 Å². The topological polar surface area (TPSA) is 81.8 Å². The van der Waals surface area contributed by atoms with Gasteiger partial charge < -0.3 is 5.32 Å². The summed E-state index contributed by atoms with van der Waals surface area (Å²) in [6, 6.07) is 14.3. The van der Waals surface area contributed by atoms with Gasteiger partial charge in [0, 0.05) is 6.54 Å². The number of likely N-dealkylation sites (N-methyl/N-ethyl adjacent to an activating group) is 1. The first kappa shape index (κ1) is 23.1. The van der Waals surface area contributed by atoms with E-state index >= 15 is 0 Å². The molecular weight excluding hydrogens is 439 g/mol. The van der Waals surface area contributed by atoms with Gasteiger partial charge in [0.25, 0.3) is 11.8 Å². The number of benzene rings is 2. The Labute approximate surface area is 191 Å². The van der Waals surface area contributed by atoms with Gasteiger partial charge >= 0.3 is 6.03 Å². The van der Waals surface area contributed by atoms with Crippen molar-refractivity contribution in [2.24, 2.45) is 0 Å². The summed E-state index contributed by atoms with van der Waals surface area (Å²) in [5, 5.41) is 4.31. The number of hydrogen-bond donors (Lipinski definition) is 2. The minimum Gasteiger partial charge on any atom is -0.322 e. The maximum atomic E-state index is 12.8. The third-order valence-electron chi connectivity index (χ3n) is 5.14. The lowest BCUT2D eigenvalue weighted by atomic mass is 9.93. The van der Waals surface area contributed by atoms with Crippen LogP contribution in [0.5, 0.6) is 0 Å². The number of rotatable bonds is 8. The number of urea groups is 1. The first-order valence-electron chi connectivity index (χ1n) is 9.81. The Kier molecular flexibility index (Phi) is 7.20. The third kappa shape index (κ3) is 5.55. The van der Waals surface area contributed by atoms with Crippen molar-refractivity contribution in [2.45, 2.75) is 31.8 Å². The van der Waals surface area contributed by atoms with Gasteiger partial charge in [-0.1, -0.05) is 65.7 Å². The fraction of sp³-hybridized carbons (Fsp3) is 0.318. The number of hydrogen-bond acceptors (Lipinski definition) is 4. The number of carbonyl (C=O) groups is 3. The van der Waals surface area contributed by atoms with Gasteiger partial charge in [-0.2, -0.15) is 5.01 Å². The van der Waals surface area contributed by atoms with E-state index in [0.29, 0.717) is 29.4 Å². The summed E-state index contributed by atoms with van der Waals surface area (Å²) in [7, 11) is 1.73. The van der Waals surface area contributed by atoms with Gasteiger partial charge in [0.05, 0.1) is 16.6 Å². The Hall–Kier alpha value is -2.61. The Balaban J connectivity index is 1.56. The van der Waals surface area contributed by atoms with Crippen LogP contribution in [0, 0.1) is 0 Å². The lowest BCUT2D eigenvalue weighted by molar-refractivity contribution is -0.139. The minimum atomic E-state index is -1.08. The SMILES string of the molecule is CN(CC(=O)NN1C(=O)NC(C)(CCc2ccccc2)C1=O)Cc1cccc(Cl)c1Cl. The van der Waals surface area contributed by atoms with E-state index in [2.05, 4.69) is 10.7 Å². The standard InChI is InChI=1S/C22H24Cl2N4O3/c1-22(12-11-15-7-4-3-5-8-15)20(30)28(21(31)25-22)26-18(29)14-27(2)13-16-9-6-10-17(23)19(16)24/h3-10H,11-14H2,1-2H3,(H,25,31)(H,26,29). The van der Waals surface area contributed by atoms with Crippen molar-refractivity contribution < 1.29 is 14.4 Å². The van der Waals surface area contributed by atoms with Crippen molar-refractivity contribution in [1.82, 2.24) is 20.7 Å². The number of halogens is 2. The van der Waals surface area contributed by atoms with Gasteiger partial charge in [-0.05, 0) is 44.0 Å². The first-order chi connectivity index (χ1) is 14.7. The number of imide groups is 1. The number of amides is 4. The van der Waals surface area contributed by atoms with Crippen molar-refractivity contribution in [3.8, 4) is 0 Å². The Morgan fingerprint density at radius 2 is 1.84 bits per heavy atom. The van der Waals surface area contributed by atoms with Crippen LogP contribution in [0.25, 0.3) is 0 Å². The molecule has 1 atom stereocenters. The molecule has 0 saturated carbocycles. The van der Waals surface area contributed by atoms with Crippen LogP contribution in [0.3, 0.4) is 0 Å². The number of nitrogens with one attached hydrogen (secondary N) is 2. The van der Waals surface area contributed by atoms with E-state index in [9.17, 15) is 14.4 Å². The molecule has 1 saturated heterocycles. The highest BCUT2D eigenvalue weighted by molar-refractivity contribution is 6.42. The molecule has 2 aromatic rings. The molecule has 1 fully saturated rings. The van der Waals surface area contributed by atoms with Crippen LogP contribution >= 0.6 is 23.2 Å². The number of carbonyl (C=O) groups excluding carboxylic acids is 3. The number of nitrogens with zero attached hydrogens (tertiary/aromatic N) is 2. The number of aryl methyl sites for hydroxylation is 1. The second kappa shape index (κ2) is 9.68.